The van der Waals surface area contributed by atoms with Crippen molar-refractivity contribution in [1.82, 2.24) is 4.90 Å². The van der Waals surface area contributed by atoms with Crippen molar-refractivity contribution < 1.29 is 0 Å². The summed E-state index contributed by atoms with van der Waals surface area (Å²) in [6.45, 7) is 2.87. The average molecular weight is 374 g/mol. The molecule has 2 N–H and O–H groups in total. The van der Waals surface area contributed by atoms with Gasteiger partial charge >= 0.3 is 0 Å². The molecule has 0 saturated carbocycles. The third-order valence-corrected chi connectivity index (χ3v) is 5.31. The maximum atomic E-state index is 6.18. The molecule has 1 heterocycles. The lowest BCUT2D eigenvalue weighted by molar-refractivity contribution is 0.214. The third kappa shape index (κ3) is 3.83. The van der Waals surface area contributed by atoms with Crippen LogP contribution >= 0.6 is 38.9 Å². The van der Waals surface area contributed by atoms with Crippen LogP contribution in [0.1, 0.15) is 23.4 Å². The van der Waals surface area contributed by atoms with E-state index in [1.807, 2.05) is 19.1 Å². The molecule has 1 aromatic carbocycles. The van der Waals surface area contributed by atoms with E-state index in [9.17, 15) is 0 Å². The van der Waals surface area contributed by atoms with Crippen LogP contribution in [-0.2, 0) is 6.54 Å². The molecule has 2 unspecified atom stereocenters. The number of halogens is 2. The van der Waals surface area contributed by atoms with E-state index < -0.39 is 0 Å². The van der Waals surface area contributed by atoms with Gasteiger partial charge in [0.05, 0.1) is 10.4 Å². The number of thiophene rings is 1. The molecule has 0 radical (unpaired) electrons. The van der Waals surface area contributed by atoms with Gasteiger partial charge in [-0.15, -0.1) is 11.3 Å². The molecule has 20 heavy (non-hydrogen) atoms. The Hall–Kier alpha value is -0.390. The Morgan fingerprint density at radius 2 is 2.00 bits per heavy atom. The molecule has 2 aromatic rings. The van der Waals surface area contributed by atoms with E-state index in [1.54, 1.807) is 11.3 Å². The zero-order valence-corrected chi connectivity index (χ0v) is 14.7. The maximum Gasteiger partial charge on any atom is 0.0931 e. The molecule has 0 saturated heterocycles. The fourth-order valence-corrected chi connectivity index (χ4v) is 4.11. The van der Waals surface area contributed by atoms with Crippen LogP contribution in [0, 0.1) is 0 Å². The molecule has 2 nitrogen and oxygen atoms in total. The number of hydrogen-bond acceptors (Lipinski definition) is 3. The average Bonchev–Trinajstić information content (AvgIpc) is 2.78. The minimum atomic E-state index is 0.0391. The SMILES string of the molecule is CC(N)C(c1ccc(Cl)s1)N(C)Cc1ccccc1Br. The molecule has 2 atom stereocenters. The van der Waals surface area contributed by atoms with Crippen molar-refractivity contribution >= 4 is 38.9 Å². The molecular formula is C15H18BrClN2S. The molecule has 1 aromatic heterocycles. The quantitative estimate of drug-likeness (QED) is 0.824. The van der Waals surface area contributed by atoms with Crippen molar-refractivity contribution in [3.63, 3.8) is 0 Å². The number of rotatable bonds is 5. The number of benzene rings is 1. The van der Waals surface area contributed by atoms with E-state index in [0.29, 0.717) is 0 Å². The van der Waals surface area contributed by atoms with Crippen LogP contribution in [0.2, 0.25) is 4.34 Å². The standard InChI is InChI=1S/C15H18BrClN2S/c1-10(18)15(13-7-8-14(17)20-13)19(2)9-11-5-3-4-6-12(11)16/h3-8,10,15H,9,18H2,1-2H3. The first-order valence-corrected chi connectivity index (χ1v) is 8.42. The number of likely N-dealkylation sites (N-methyl/N-ethyl adjacent to an activating group) is 1. The molecule has 0 bridgehead atoms. The summed E-state index contributed by atoms with van der Waals surface area (Å²) in [6, 6.07) is 12.5. The molecule has 5 heteroatoms. The Bertz CT molecular complexity index is 571. The number of nitrogens with two attached hydrogens (primary N) is 1. The van der Waals surface area contributed by atoms with Crippen LogP contribution in [0.5, 0.6) is 0 Å². The first-order valence-electron chi connectivity index (χ1n) is 6.43. The van der Waals surface area contributed by atoms with Gasteiger partial charge in [-0.1, -0.05) is 45.7 Å². The monoisotopic (exact) mass is 372 g/mol. The Morgan fingerprint density at radius 3 is 2.55 bits per heavy atom. The molecule has 0 fully saturated rings. The highest BCUT2D eigenvalue weighted by Gasteiger charge is 2.23. The van der Waals surface area contributed by atoms with Crippen LogP contribution in [-0.4, -0.2) is 18.0 Å². The maximum absolute atomic E-state index is 6.18. The van der Waals surface area contributed by atoms with Gasteiger partial charge in [0.25, 0.3) is 0 Å². The number of hydrogen-bond donors (Lipinski definition) is 1. The summed E-state index contributed by atoms with van der Waals surface area (Å²) in [5.74, 6) is 0. The van der Waals surface area contributed by atoms with Gasteiger partial charge in [-0.25, -0.2) is 0 Å². The molecule has 0 amide bonds. The highest BCUT2D eigenvalue weighted by Crippen LogP contribution is 2.32. The fraction of sp³-hybridized carbons (Fsp3) is 0.333. The Kier molecular flexibility index (Phi) is 5.64. The minimum absolute atomic E-state index is 0.0391. The predicted molar refractivity (Wildman–Crippen MR) is 91.3 cm³/mol. The Balaban J connectivity index is 2.20. The van der Waals surface area contributed by atoms with E-state index in [0.717, 1.165) is 15.4 Å². The van der Waals surface area contributed by atoms with Crippen molar-refractivity contribution in [2.45, 2.75) is 25.6 Å². The van der Waals surface area contributed by atoms with Crippen molar-refractivity contribution in [2.24, 2.45) is 5.73 Å². The molecule has 0 aliphatic heterocycles. The number of nitrogens with zero attached hydrogens (tertiary/aromatic N) is 1. The summed E-state index contributed by atoms with van der Waals surface area (Å²) in [7, 11) is 2.10. The van der Waals surface area contributed by atoms with Crippen LogP contribution in [0.4, 0.5) is 0 Å². The molecule has 0 aliphatic carbocycles. The second-order valence-corrected chi connectivity index (χ2v) is 7.55. The van der Waals surface area contributed by atoms with Gasteiger partial charge in [0.2, 0.25) is 0 Å². The Labute approximate surface area is 137 Å². The predicted octanol–water partition coefficient (Wildman–Crippen LogP) is 4.68. The normalized spacial score (nSPS) is 14.5. The van der Waals surface area contributed by atoms with Gasteiger partial charge in [0, 0.05) is 21.9 Å². The van der Waals surface area contributed by atoms with Crippen molar-refractivity contribution in [1.29, 1.82) is 0 Å². The van der Waals surface area contributed by atoms with Crippen LogP contribution in [0.25, 0.3) is 0 Å². The zero-order chi connectivity index (χ0) is 14.7. The second-order valence-electron chi connectivity index (χ2n) is 4.95. The lowest BCUT2D eigenvalue weighted by Crippen LogP contribution is -2.36. The molecule has 0 aliphatic rings. The molecule has 108 valence electrons. The third-order valence-electron chi connectivity index (χ3n) is 3.24. The molecule has 2 rings (SSSR count). The Morgan fingerprint density at radius 1 is 1.30 bits per heavy atom. The molecular weight excluding hydrogens is 356 g/mol. The van der Waals surface area contributed by atoms with Gasteiger partial charge in [-0.3, -0.25) is 4.90 Å². The van der Waals surface area contributed by atoms with Crippen molar-refractivity contribution in [3.8, 4) is 0 Å². The second kappa shape index (κ2) is 7.05. The molecule has 0 spiro atoms. The van der Waals surface area contributed by atoms with Gasteiger partial charge < -0.3 is 5.73 Å². The summed E-state index contributed by atoms with van der Waals surface area (Å²) in [5, 5.41) is 0. The summed E-state index contributed by atoms with van der Waals surface area (Å²) in [6.07, 6.45) is 0. The first kappa shape index (κ1) is 16.0. The van der Waals surface area contributed by atoms with Crippen molar-refractivity contribution in [2.75, 3.05) is 7.05 Å². The highest BCUT2D eigenvalue weighted by molar-refractivity contribution is 9.10. The van der Waals surface area contributed by atoms with Crippen LogP contribution in [0.3, 0.4) is 0 Å². The highest BCUT2D eigenvalue weighted by atomic mass is 79.9. The van der Waals surface area contributed by atoms with E-state index in [4.69, 9.17) is 17.3 Å². The lowest BCUT2D eigenvalue weighted by atomic mass is 10.1. The van der Waals surface area contributed by atoms with E-state index in [-0.39, 0.29) is 12.1 Å². The van der Waals surface area contributed by atoms with E-state index in [1.165, 1.54) is 10.4 Å². The van der Waals surface area contributed by atoms with Crippen molar-refractivity contribution in [3.05, 3.63) is 55.6 Å². The van der Waals surface area contributed by atoms with Gasteiger partial charge in [-0.2, -0.15) is 0 Å². The van der Waals surface area contributed by atoms with E-state index >= 15 is 0 Å². The smallest absolute Gasteiger partial charge is 0.0931 e. The fourth-order valence-electron chi connectivity index (χ4n) is 2.36. The van der Waals surface area contributed by atoms with Gasteiger partial charge in [0.1, 0.15) is 0 Å². The summed E-state index contributed by atoms with van der Waals surface area (Å²) >= 11 is 11.2. The summed E-state index contributed by atoms with van der Waals surface area (Å²) in [5.41, 5.74) is 7.43. The lowest BCUT2D eigenvalue weighted by Gasteiger charge is -2.30. The van der Waals surface area contributed by atoms with E-state index in [2.05, 4.69) is 52.1 Å². The summed E-state index contributed by atoms with van der Waals surface area (Å²) in [4.78, 5) is 3.48. The van der Waals surface area contributed by atoms with Crippen LogP contribution < -0.4 is 5.73 Å². The van der Waals surface area contributed by atoms with Crippen LogP contribution in [0.15, 0.2) is 40.9 Å². The first-order chi connectivity index (χ1) is 9.49. The topological polar surface area (TPSA) is 29.3 Å². The zero-order valence-electron chi connectivity index (χ0n) is 11.5. The summed E-state index contributed by atoms with van der Waals surface area (Å²) < 4.78 is 1.93. The largest absolute Gasteiger partial charge is 0.326 e. The van der Waals surface area contributed by atoms with Gasteiger partial charge in [-0.05, 0) is 37.7 Å². The minimum Gasteiger partial charge on any atom is -0.326 e. The van der Waals surface area contributed by atoms with Gasteiger partial charge in [0.15, 0.2) is 0 Å².